The van der Waals surface area contributed by atoms with Crippen LogP contribution >= 0.6 is 11.3 Å². The van der Waals surface area contributed by atoms with Crippen LogP contribution in [0.25, 0.3) is 0 Å². The summed E-state index contributed by atoms with van der Waals surface area (Å²) in [7, 11) is 3.75. The van der Waals surface area contributed by atoms with Gasteiger partial charge in [0, 0.05) is 4.88 Å². The number of hydrogen-bond acceptors (Lipinski definition) is 3. The first-order chi connectivity index (χ1) is 5.88. The third-order valence-electron chi connectivity index (χ3n) is 1.59. The lowest BCUT2D eigenvalue weighted by Crippen LogP contribution is -2.05. The minimum Gasteiger partial charge on any atom is -0.376 e. The molecule has 1 aliphatic rings. The van der Waals surface area contributed by atoms with E-state index in [1.54, 1.807) is 11.3 Å². The molecule has 12 heavy (non-hydrogen) atoms. The molecule has 0 saturated heterocycles. The normalized spacial score (nSPS) is 14.5. The Bertz CT molecular complexity index is 202. The Morgan fingerprint density at radius 2 is 2.25 bits per heavy atom. The highest BCUT2D eigenvalue weighted by atomic mass is 32.1. The molecule has 0 amide bonds. The largest absolute Gasteiger partial charge is 0.376 e. The molecule has 3 heteroatoms. The van der Waals surface area contributed by atoms with E-state index in [1.165, 1.54) is 10.4 Å². The second-order valence-electron chi connectivity index (χ2n) is 2.67. The van der Waals surface area contributed by atoms with Crippen LogP contribution in [0.3, 0.4) is 0 Å². The zero-order chi connectivity index (χ0) is 8.81. The molecule has 0 unspecified atom stereocenters. The fourth-order valence-electron chi connectivity index (χ4n) is 1.06. The fraction of sp³-hybridized carbons (Fsp3) is 0.556. The van der Waals surface area contributed by atoms with Crippen LogP contribution in [-0.4, -0.2) is 20.7 Å². The van der Waals surface area contributed by atoms with Crippen molar-refractivity contribution in [3.8, 4) is 0 Å². The van der Waals surface area contributed by atoms with Gasteiger partial charge in [-0.1, -0.05) is 0 Å². The van der Waals surface area contributed by atoms with Crippen LogP contribution in [-0.2, 0) is 17.8 Å². The first-order valence-corrected chi connectivity index (χ1v) is 4.98. The Hall–Kier alpha value is -0.380. The van der Waals surface area contributed by atoms with Crippen molar-refractivity contribution in [2.45, 2.75) is 13.0 Å². The zero-order valence-corrected chi connectivity index (χ0v) is 8.41. The summed E-state index contributed by atoms with van der Waals surface area (Å²) in [5.41, 5.74) is 1.49. The molecule has 0 spiro atoms. The molecule has 68 valence electrons. The molecule has 0 bridgehead atoms. The van der Waals surface area contributed by atoms with Crippen LogP contribution < -0.4 is 5.32 Å². The van der Waals surface area contributed by atoms with E-state index in [0.717, 1.165) is 19.6 Å². The van der Waals surface area contributed by atoms with Crippen molar-refractivity contribution in [1.29, 1.82) is 0 Å². The van der Waals surface area contributed by atoms with Gasteiger partial charge in [-0.3, -0.25) is 0 Å². The lowest BCUT2D eigenvalue weighted by molar-refractivity contribution is 0.113. The van der Waals surface area contributed by atoms with E-state index in [-0.39, 0.29) is 0 Å². The molecule has 1 aliphatic heterocycles. The number of nitrogens with one attached hydrogen (secondary N) is 1. The highest BCUT2D eigenvalue weighted by Gasteiger charge is 2.08. The van der Waals surface area contributed by atoms with Crippen LogP contribution in [0.1, 0.15) is 10.4 Å². The molecule has 0 aromatic carbocycles. The maximum Gasteiger partial charge on any atom is 0.0812 e. The number of fused-ring (bicyclic) bond motifs is 1. The second kappa shape index (κ2) is 5.30. The molecule has 0 saturated carbocycles. The summed E-state index contributed by atoms with van der Waals surface area (Å²) in [5, 5.41) is 4.89. The monoisotopic (exact) mass is 185 g/mol. The molecule has 2 nitrogen and oxygen atoms in total. The van der Waals surface area contributed by atoms with Gasteiger partial charge in [0.25, 0.3) is 0 Å². The Balaban J connectivity index is 0.000000213. The lowest BCUT2D eigenvalue weighted by atomic mass is 10.2. The quantitative estimate of drug-likeness (QED) is 0.663. The molecule has 1 aromatic rings. The zero-order valence-electron chi connectivity index (χ0n) is 7.59. The van der Waals surface area contributed by atoms with Crippen LogP contribution in [0.4, 0.5) is 0 Å². The van der Waals surface area contributed by atoms with Gasteiger partial charge in [0.15, 0.2) is 0 Å². The summed E-state index contributed by atoms with van der Waals surface area (Å²) < 4.78 is 5.26. The Kier molecular flexibility index (Phi) is 4.29. The standard InChI is InChI=1S/C7H8OS.C2H7N/c1-3-8-5-7-6(1)2-4-9-7;1-3-2/h2,4H,1,3,5H2;3H,1-2H3. The van der Waals surface area contributed by atoms with Crippen molar-refractivity contribution in [2.24, 2.45) is 0 Å². The van der Waals surface area contributed by atoms with Gasteiger partial charge in [-0.15, -0.1) is 11.3 Å². The second-order valence-corrected chi connectivity index (χ2v) is 3.67. The van der Waals surface area contributed by atoms with Crippen molar-refractivity contribution in [3.63, 3.8) is 0 Å². The summed E-state index contributed by atoms with van der Waals surface area (Å²) in [6.45, 7) is 1.75. The molecule has 0 radical (unpaired) electrons. The molecule has 0 fully saturated rings. The van der Waals surface area contributed by atoms with Gasteiger partial charge < -0.3 is 10.1 Å². The van der Waals surface area contributed by atoms with Gasteiger partial charge in [-0.05, 0) is 37.5 Å². The van der Waals surface area contributed by atoms with E-state index in [9.17, 15) is 0 Å². The highest BCUT2D eigenvalue weighted by molar-refractivity contribution is 7.10. The summed E-state index contributed by atoms with van der Waals surface area (Å²) in [6, 6.07) is 2.20. The fourth-order valence-corrected chi connectivity index (χ4v) is 1.93. The van der Waals surface area contributed by atoms with Gasteiger partial charge in [0.1, 0.15) is 0 Å². The van der Waals surface area contributed by atoms with E-state index in [4.69, 9.17) is 4.74 Å². The molecule has 2 heterocycles. The molecular formula is C9H15NOS. The highest BCUT2D eigenvalue weighted by Crippen LogP contribution is 2.21. The number of ether oxygens (including phenoxy) is 1. The lowest BCUT2D eigenvalue weighted by Gasteiger charge is -2.10. The third-order valence-corrected chi connectivity index (χ3v) is 2.52. The van der Waals surface area contributed by atoms with E-state index >= 15 is 0 Å². The number of rotatable bonds is 0. The number of hydrogen-bond donors (Lipinski definition) is 1. The summed E-state index contributed by atoms with van der Waals surface area (Å²) in [5.74, 6) is 0. The minimum atomic E-state index is 0.840. The van der Waals surface area contributed by atoms with Crippen molar-refractivity contribution < 1.29 is 4.74 Å². The predicted octanol–water partition coefficient (Wildman–Crippen LogP) is 1.66. The van der Waals surface area contributed by atoms with Crippen LogP contribution in [0.2, 0.25) is 0 Å². The van der Waals surface area contributed by atoms with Crippen LogP contribution in [0.5, 0.6) is 0 Å². The average molecular weight is 185 g/mol. The van der Waals surface area contributed by atoms with E-state index in [0.29, 0.717) is 0 Å². The summed E-state index contributed by atoms with van der Waals surface area (Å²) in [4.78, 5) is 1.42. The Morgan fingerprint density at radius 3 is 2.92 bits per heavy atom. The van der Waals surface area contributed by atoms with Crippen LogP contribution in [0, 0.1) is 0 Å². The van der Waals surface area contributed by atoms with Crippen molar-refractivity contribution in [2.75, 3.05) is 20.7 Å². The van der Waals surface area contributed by atoms with Gasteiger partial charge in [-0.2, -0.15) is 0 Å². The maximum absolute atomic E-state index is 5.26. The first-order valence-electron chi connectivity index (χ1n) is 4.10. The van der Waals surface area contributed by atoms with Gasteiger partial charge >= 0.3 is 0 Å². The Labute approximate surface area is 77.6 Å². The van der Waals surface area contributed by atoms with E-state index < -0.39 is 0 Å². The molecule has 0 aliphatic carbocycles. The summed E-state index contributed by atoms with van der Waals surface area (Å²) in [6.07, 6.45) is 1.11. The van der Waals surface area contributed by atoms with Gasteiger partial charge in [0.2, 0.25) is 0 Å². The first kappa shape index (κ1) is 9.71. The van der Waals surface area contributed by atoms with Crippen molar-refractivity contribution in [1.82, 2.24) is 5.32 Å². The smallest absolute Gasteiger partial charge is 0.0812 e. The van der Waals surface area contributed by atoms with Crippen LogP contribution in [0.15, 0.2) is 11.4 Å². The average Bonchev–Trinajstić information content (AvgIpc) is 2.52. The molecule has 2 rings (SSSR count). The van der Waals surface area contributed by atoms with Gasteiger partial charge in [-0.25, -0.2) is 0 Å². The topological polar surface area (TPSA) is 21.3 Å². The predicted molar refractivity (Wildman–Crippen MR) is 52.7 cm³/mol. The van der Waals surface area contributed by atoms with E-state index in [1.807, 2.05) is 14.1 Å². The molecular weight excluding hydrogens is 170 g/mol. The van der Waals surface area contributed by atoms with Gasteiger partial charge in [0.05, 0.1) is 13.2 Å². The maximum atomic E-state index is 5.26. The molecule has 1 N–H and O–H groups in total. The SMILES string of the molecule is CNC.c1cc2c(s1)COCC2. The van der Waals surface area contributed by atoms with Crippen molar-refractivity contribution >= 4 is 11.3 Å². The Morgan fingerprint density at radius 1 is 1.50 bits per heavy atom. The van der Waals surface area contributed by atoms with Crippen molar-refractivity contribution in [3.05, 3.63) is 21.9 Å². The summed E-state index contributed by atoms with van der Waals surface area (Å²) >= 11 is 1.80. The van der Waals surface area contributed by atoms with E-state index in [2.05, 4.69) is 16.8 Å². The molecule has 1 aromatic heterocycles. The minimum absolute atomic E-state index is 0.840. The molecule has 0 atom stereocenters. The number of thiophene rings is 1. The third kappa shape index (κ3) is 2.59.